The lowest BCUT2D eigenvalue weighted by atomic mass is 9.87. The molecule has 13 heavy (non-hydrogen) atoms. The largest absolute Gasteiger partial charge is 0.146 e. The molecule has 1 unspecified atom stereocenters. The highest BCUT2D eigenvalue weighted by atomic mass is 35.5. The molecule has 1 aromatic rings. The summed E-state index contributed by atoms with van der Waals surface area (Å²) >= 11 is 8.24. The van der Waals surface area contributed by atoms with Gasteiger partial charge in [-0.25, -0.2) is 0 Å². The Morgan fingerprint density at radius 1 is 1.31 bits per heavy atom. The van der Waals surface area contributed by atoms with E-state index < -0.39 is 0 Å². The zero-order valence-corrected chi connectivity index (χ0v) is 10.5. The van der Waals surface area contributed by atoms with E-state index in [0.29, 0.717) is 0 Å². The number of alkyl halides is 1. The molecule has 0 N–H and O–H groups in total. The van der Waals surface area contributed by atoms with E-state index in [4.69, 9.17) is 11.6 Å². The number of hydrogen-bond donors (Lipinski definition) is 0. The van der Waals surface area contributed by atoms with Crippen molar-refractivity contribution in [2.24, 2.45) is 5.41 Å². The van der Waals surface area contributed by atoms with Gasteiger partial charge in [-0.2, -0.15) is 0 Å². The van der Waals surface area contributed by atoms with Gasteiger partial charge in [0.05, 0.1) is 5.38 Å². The van der Waals surface area contributed by atoms with Crippen LogP contribution in [0, 0.1) is 19.3 Å². The second kappa shape index (κ2) is 3.62. The number of aryl methyl sites for hydroxylation is 2. The standard InChI is InChI=1S/C11H17ClS/c1-7-6-9(8(2)13-7)10(12)11(3,4)5/h6,10H,1-5H3. The molecule has 0 bridgehead atoms. The predicted octanol–water partition coefficient (Wildman–Crippen LogP) is 4.69. The van der Waals surface area contributed by atoms with E-state index in [1.807, 2.05) is 11.3 Å². The average Bonchev–Trinajstić information content (AvgIpc) is 2.26. The SMILES string of the molecule is Cc1cc(C(Cl)C(C)(C)C)c(C)s1. The van der Waals surface area contributed by atoms with Gasteiger partial charge in [-0.3, -0.25) is 0 Å². The van der Waals surface area contributed by atoms with Crippen molar-refractivity contribution < 1.29 is 0 Å². The molecule has 0 saturated carbocycles. The Morgan fingerprint density at radius 2 is 1.85 bits per heavy atom. The van der Waals surface area contributed by atoms with Crippen molar-refractivity contribution in [1.29, 1.82) is 0 Å². The second-order valence-corrected chi connectivity index (χ2v) is 6.49. The monoisotopic (exact) mass is 216 g/mol. The third-order valence-electron chi connectivity index (χ3n) is 2.11. The van der Waals surface area contributed by atoms with Gasteiger partial charge >= 0.3 is 0 Å². The molecule has 2 heteroatoms. The summed E-state index contributed by atoms with van der Waals surface area (Å²) in [5, 5.41) is 0.123. The zero-order chi connectivity index (χ0) is 10.2. The van der Waals surface area contributed by atoms with E-state index >= 15 is 0 Å². The van der Waals surface area contributed by atoms with Crippen molar-refractivity contribution in [3.8, 4) is 0 Å². The van der Waals surface area contributed by atoms with E-state index in [9.17, 15) is 0 Å². The number of hydrogen-bond acceptors (Lipinski definition) is 1. The molecule has 0 aliphatic rings. The zero-order valence-electron chi connectivity index (χ0n) is 8.94. The molecule has 0 aliphatic heterocycles. The molecule has 0 aromatic carbocycles. The van der Waals surface area contributed by atoms with Crippen LogP contribution in [-0.4, -0.2) is 0 Å². The van der Waals surface area contributed by atoms with Gasteiger partial charge < -0.3 is 0 Å². The summed E-state index contributed by atoms with van der Waals surface area (Å²) in [5.74, 6) is 0. The Labute approximate surface area is 89.9 Å². The van der Waals surface area contributed by atoms with E-state index in [0.717, 1.165) is 0 Å². The molecular formula is C11H17ClS. The van der Waals surface area contributed by atoms with Crippen LogP contribution in [0.5, 0.6) is 0 Å². The summed E-state index contributed by atoms with van der Waals surface area (Å²) < 4.78 is 0. The normalized spacial score (nSPS) is 14.6. The van der Waals surface area contributed by atoms with Gasteiger partial charge in [-0.15, -0.1) is 22.9 Å². The Morgan fingerprint density at radius 3 is 2.15 bits per heavy atom. The molecule has 0 saturated heterocycles. The van der Waals surface area contributed by atoms with Crippen LogP contribution in [0.4, 0.5) is 0 Å². The first kappa shape index (κ1) is 11.1. The van der Waals surface area contributed by atoms with Crippen LogP contribution in [-0.2, 0) is 0 Å². The molecule has 0 aliphatic carbocycles. The highest BCUT2D eigenvalue weighted by Gasteiger charge is 2.26. The van der Waals surface area contributed by atoms with E-state index in [1.165, 1.54) is 15.3 Å². The first-order valence-corrected chi connectivity index (χ1v) is 5.78. The van der Waals surface area contributed by atoms with Crippen molar-refractivity contribution in [2.75, 3.05) is 0 Å². The van der Waals surface area contributed by atoms with Gasteiger partial charge in [-0.1, -0.05) is 20.8 Å². The van der Waals surface area contributed by atoms with Crippen LogP contribution < -0.4 is 0 Å². The predicted molar refractivity (Wildman–Crippen MR) is 61.8 cm³/mol. The summed E-state index contributed by atoms with van der Waals surface area (Å²) in [7, 11) is 0. The van der Waals surface area contributed by atoms with E-state index in [-0.39, 0.29) is 10.8 Å². The number of rotatable bonds is 1. The van der Waals surface area contributed by atoms with Crippen molar-refractivity contribution in [1.82, 2.24) is 0 Å². The van der Waals surface area contributed by atoms with Crippen LogP contribution >= 0.6 is 22.9 Å². The molecule has 1 aromatic heterocycles. The fourth-order valence-corrected chi connectivity index (χ4v) is 2.62. The number of halogens is 1. The molecule has 1 atom stereocenters. The highest BCUT2D eigenvalue weighted by Crippen LogP contribution is 2.41. The molecule has 0 spiro atoms. The molecule has 0 radical (unpaired) electrons. The summed E-state index contributed by atoms with van der Waals surface area (Å²) in [5.41, 5.74) is 1.44. The van der Waals surface area contributed by atoms with Crippen LogP contribution in [0.15, 0.2) is 6.07 Å². The Kier molecular flexibility index (Phi) is 3.09. The Hall–Kier alpha value is -0.0100. The smallest absolute Gasteiger partial charge is 0.0644 e. The Bertz CT molecular complexity index is 294. The third-order valence-corrected chi connectivity index (χ3v) is 3.98. The van der Waals surface area contributed by atoms with E-state index in [1.54, 1.807) is 0 Å². The summed E-state index contributed by atoms with van der Waals surface area (Å²) in [6, 6.07) is 2.21. The first-order chi connectivity index (χ1) is 5.82. The molecular weight excluding hydrogens is 200 g/mol. The lowest BCUT2D eigenvalue weighted by molar-refractivity contribution is 0.395. The Balaban J connectivity index is 3.01. The van der Waals surface area contributed by atoms with E-state index in [2.05, 4.69) is 40.7 Å². The summed E-state index contributed by atoms with van der Waals surface area (Å²) in [6.07, 6.45) is 0. The maximum Gasteiger partial charge on any atom is 0.0644 e. The highest BCUT2D eigenvalue weighted by molar-refractivity contribution is 7.12. The topological polar surface area (TPSA) is 0 Å². The van der Waals surface area contributed by atoms with Crippen LogP contribution in [0.1, 0.15) is 41.5 Å². The summed E-state index contributed by atoms with van der Waals surface area (Å²) in [4.78, 5) is 2.70. The van der Waals surface area contributed by atoms with Crippen LogP contribution in [0.25, 0.3) is 0 Å². The first-order valence-electron chi connectivity index (χ1n) is 4.53. The van der Waals surface area contributed by atoms with Gasteiger partial charge in [0.2, 0.25) is 0 Å². The van der Waals surface area contributed by atoms with Crippen molar-refractivity contribution in [3.63, 3.8) is 0 Å². The van der Waals surface area contributed by atoms with Gasteiger partial charge in [0.25, 0.3) is 0 Å². The van der Waals surface area contributed by atoms with Crippen molar-refractivity contribution in [3.05, 3.63) is 21.4 Å². The third kappa shape index (κ3) is 2.47. The fraction of sp³-hybridized carbons (Fsp3) is 0.636. The minimum atomic E-state index is 0.123. The molecule has 1 heterocycles. The lowest BCUT2D eigenvalue weighted by Gasteiger charge is -2.25. The number of thiophene rings is 1. The van der Waals surface area contributed by atoms with Crippen molar-refractivity contribution >= 4 is 22.9 Å². The van der Waals surface area contributed by atoms with Gasteiger partial charge in [0, 0.05) is 9.75 Å². The molecule has 0 nitrogen and oxygen atoms in total. The van der Waals surface area contributed by atoms with Gasteiger partial charge in [0.1, 0.15) is 0 Å². The quantitative estimate of drug-likeness (QED) is 0.598. The second-order valence-electron chi connectivity index (χ2n) is 4.60. The minimum absolute atomic E-state index is 0.123. The molecule has 0 fully saturated rings. The maximum absolute atomic E-state index is 6.41. The molecule has 74 valence electrons. The van der Waals surface area contributed by atoms with Crippen molar-refractivity contribution in [2.45, 2.75) is 40.0 Å². The fourth-order valence-electron chi connectivity index (χ4n) is 1.37. The molecule has 0 amide bonds. The minimum Gasteiger partial charge on any atom is -0.146 e. The van der Waals surface area contributed by atoms with Gasteiger partial charge in [-0.05, 0) is 30.9 Å². The maximum atomic E-state index is 6.41. The average molecular weight is 217 g/mol. The molecule has 1 rings (SSSR count). The lowest BCUT2D eigenvalue weighted by Crippen LogP contribution is -2.13. The van der Waals surface area contributed by atoms with Gasteiger partial charge in [0.15, 0.2) is 0 Å². The summed E-state index contributed by atoms with van der Waals surface area (Å²) in [6.45, 7) is 10.8. The van der Waals surface area contributed by atoms with Crippen LogP contribution in [0.2, 0.25) is 0 Å². The van der Waals surface area contributed by atoms with Crippen LogP contribution in [0.3, 0.4) is 0 Å².